The van der Waals surface area contributed by atoms with Crippen LogP contribution in [0.4, 0.5) is 17.5 Å². The maximum atomic E-state index is 8.99. The second kappa shape index (κ2) is 7.88. The van der Waals surface area contributed by atoms with Crippen molar-refractivity contribution in [2.45, 2.75) is 13.5 Å². The Bertz CT molecular complexity index is 872. The van der Waals surface area contributed by atoms with Gasteiger partial charge in [0, 0.05) is 18.8 Å². The van der Waals surface area contributed by atoms with Crippen molar-refractivity contribution in [3.63, 3.8) is 0 Å². The van der Waals surface area contributed by atoms with Gasteiger partial charge in [-0.05, 0) is 30.7 Å². The Morgan fingerprint density at radius 1 is 1.12 bits per heavy atom. The van der Waals surface area contributed by atoms with Crippen molar-refractivity contribution < 1.29 is 0 Å². The van der Waals surface area contributed by atoms with E-state index in [1.54, 1.807) is 18.3 Å². The van der Waals surface area contributed by atoms with E-state index in [9.17, 15) is 0 Å². The second-order valence-corrected chi connectivity index (χ2v) is 5.46. The molecule has 3 rings (SSSR count). The lowest BCUT2D eigenvalue weighted by Crippen LogP contribution is -2.23. The van der Waals surface area contributed by atoms with E-state index in [2.05, 4.69) is 50.5 Å². The van der Waals surface area contributed by atoms with E-state index in [1.165, 1.54) is 5.56 Å². The highest BCUT2D eigenvalue weighted by Crippen LogP contribution is 2.18. The molecular weight excluding hydrogens is 312 g/mol. The van der Waals surface area contributed by atoms with Crippen LogP contribution in [0.3, 0.4) is 0 Å². The number of hydrogen-bond donors (Lipinski definition) is 1. The summed E-state index contributed by atoms with van der Waals surface area (Å²) in [4.78, 5) is 6.68. The van der Waals surface area contributed by atoms with Crippen molar-refractivity contribution >= 4 is 17.5 Å². The minimum absolute atomic E-state index is 0.402. The Kier molecular flexibility index (Phi) is 5.17. The quantitative estimate of drug-likeness (QED) is 0.745. The Balaban J connectivity index is 1.79. The standard InChI is InChI=1S/C19H18N6/c1-2-25(14-15-7-4-3-5-8-15)18-13-21-24-19(23-18)22-17-10-6-9-16(11-17)12-20/h3-11,13H,2,14H2,1H3,(H,22,23,24). The predicted molar refractivity (Wildman–Crippen MR) is 97.4 cm³/mol. The first kappa shape index (κ1) is 16.4. The smallest absolute Gasteiger partial charge is 0.249 e. The first-order valence-corrected chi connectivity index (χ1v) is 8.04. The highest BCUT2D eigenvalue weighted by molar-refractivity contribution is 5.57. The van der Waals surface area contributed by atoms with Crippen LogP contribution in [0.1, 0.15) is 18.1 Å². The average Bonchev–Trinajstić information content (AvgIpc) is 2.67. The molecule has 0 unspecified atom stereocenters. The molecule has 124 valence electrons. The van der Waals surface area contributed by atoms with Crippen LogP contribution >= 0.6 is 0 Å². The lowest BCUT2D eigenvalue weighted by Gasteiger charge is -2.21. The van der Waals surface area contributed by atoms with E-state index in [1.807, 2.05) is 30.3 Å². The molecule has 0 bridgehead atoms. The molecule has 0 aliphatic carbocycles. The van der Waals surface area contributed by atoms with Gasteiger partial charge in [-0.1, -0.05) is 36.4 Å². The van der Waals surface area contributed by atoms with Crippen LogP contribution in [0.15, 0.2) is 60.8 Å². The average molecular weight is 330 g/mol. The van der Waals surface area contributed by atoms with E-state index in [4.69, 9.17) is 5.26 Å². The van der Waals surface area contributed by atoms with Crippen LogP contribution in [0, 0.1) is 11.3 Å². The van der Waals surface area contributed by atoms with Gasteiger partial charge < -0.3 is 10.2 Å². The zero-order chi connectivity index (χ0) is 17.5. The summed E-state index contributed by atoms with van der Waals surface area (Å²) < 4.78 is 0. The van der Waals surface area contributed by atoms with Gasteiger partial charge in [0.15, 0.2) is 5.82 Å². The molecule has 6 nitrogen and oxygen atoms in total. The highest BCUT2D eigenvalue weighted by Gasteiger charge is 2.09. The maximum Gasteiger partial charge on any atom is 0.249 e. The second-order valence-electron chi connectivity index (χ2n) is 5.46. The van der Waals surface area contributed by atoms with Crippen LogP contribution in [0.5, 0.6) is 0 Å². The van der Waals surface area contributed by atoms with Gasteiger partial charge in [0.05, 0.1) is 17.8 Å². The number of nitrogens with one attached hydrogen (secondary N) is 1. The number of benzene rings is 2. The van der Waals surface area contributed by atoms with Gasteiger partial charge in [0.25, 0.3) is 0 Å². The molecule has 0 radical (unpaired) electrons. The van der Waals surface area contributed by atoms with Gasteiger partial charge in [-0.2, -0.15) is 15.3 Å². The molecule has 0 spiro atoms. The molecule has 0 aliphatic heterocycles. The van der Waals surface area contributed by atoms with Crippen molar-refractivity contribution in [2.24, 2.45) is 0 Å². The summed E-state index contributed by atoms with van der Waals surface area (Å²) in [5.74, 6) is 1.15. The molecular formula is C19H18N6. The molecule has 1 heterocycles. The number of anilines is 3. The Morgan fingerprint density at radius 3 is 2.72 bits per heavy atom. The Morgan fingerprint density at radius 2 is 1.96 bits per heavy atom. The molecule has 0 fully saturated rings. The van der Waals surface area contributed by atoms with Gasteiger partial charge in [0.1, 0.15) is 0 Å². The van der Waals surface area contributed by atoms with Gasteiger partial charge in [-0.15, -0.1) is 5.10 Å². The number of nitriles is 1. The Labute approximate surface area is 146 Å². The summed E-state index contributed by atoms with van der Waals surface area (Å²) in [5.41, 5.74) is 2.54. The minimum atomic E-state index is 0.402. The van der Waals surface area contributed by atoms with Crippen LogP contribution in [-0.4, -0.2) is 21.7 Å². The van der Waals surface area contributed by atoms with Gasteiger partial charge in [-0.25, -0.2) is 0 Å². The topological polar surface area (TPSA) is 77.7 Å². The first-order chi connectivity index (χ1) is 12.3. The van der Waals surface area contributed by atoms with Gasteiger partial charge in [-0.3, -0.25) is 0 Å². The first-order valence-electron chi connectivity index (χ1n) is 8.04. The normalized spacial score (nSPS) is 10.1. The van der Waals surface area contributed by atoms with E-state index in [0.717, 1.165) is 24.6 Å². The van der Waals surface area contributed by atoms with E-state index in [0.29, 0.717) is 11.5 Å². The monoisotopic (exact) mass is 330 g/mol. The van der Waals surface area contributed by atoms with Crippen molar-refractivity contribution in [1.29, 1.82) is 5.26 Å². The van der Waals surface area contributed by atoms with Crippen molar-refractivity contribution in [1.82, 2.24) is 15.2 Å². The third-order valence-corrected chi connectivity index (χ3v) is 3.72. The number of nitrogens with zero attached hydrogens (tertiary/aromatic N) is 5. The number of aromatic nitrogens is 3. The molecule has 25 heavy (non-hydrogen) atoms. The lowest BCUT2D eigenvalue weighted by molar-refractivity contribution is 0.798. The molecule has 0 saturated carbocycles. The molecule has 0 aliphatic rings. The molecule has 0 saturated heterocycles. The SMILES string of the molecule is CCN(Cc1ccccc1)c1cnnc(Nc2cccc(C#N)c2)n1. The summed E-state index contributed by atoms with van der Waals surface area (Å²) >= 11 is 0. The molecule has 3 aromatic rings. The number of rotatable bonds is 6. The lowest BCUT2D eigenvalue weighted by atomic mass is 10.2. The van der Waals surface area contributed by atoms with Crippen molar-refractivity contribution in [3.8, 4) is 6.07 Å². The van der Waals surface area contributed by atoms with Crippen LogP contribution < -0.4 is 10.2 Å². The molecule has 1 aromatic heterocycles. The fourth-order valence-corrected chi connectivity index (χ4v) is 2.45. The molecule has 2 aromatic carbocycles. The van der Waals surface area contributed by atoms with Gasteiger partial charge >= 0.3 is 0 Å². The largest absolute Gasteiger partial charge is 0.351 e. The van der Waals surface area contributed by atoms with Gasteiger partial charge in [0.2, 0.25) is 5.95 Å². The highest BCUT2D eigenvalue weighted by atomic mass is 15.3. The van der Waals surface area contributed by atoms with Crippen molar-refractivity contribution in [3.05, 3.63) is 71.9 Å². The summed E-state index contributed by atoms with van der Waals surface area (Å²) in [6.45, 7) is 3.63. The van der Waals surface area contributed by atoms with Crippen LogP contribution in [-0.2, 0) is 6.54 Å². The summed E-state index contributed by atoms with van der Waals surface area (Å²) in [5, 5.41) is 20.2. The third-order valence-electron chi connectivity index (χ3n) is 3.72. The molecule has 0 atom stereocenters. The molecule has 1 N–H and O–H groups in total. The zero-order valence-electron chi connectivity index (χ0n) is 13.9. The van der Waals surface area contributed by atoms with Crippen molar-refractivity contribution in [2.75, 3.05) is 16.8 Å². The molecule has 6 heteroatoms. The number of hydrogen-bond acceptors (Lipinski definition) is 6. The van der Waals surface area contributed by atoms with E-state index in [-0.39, 0.29) is 0 Å². The van der Waals surface area contributed by atoms with E-state index < -0.39 is 0 Å². The Hall–Kier alpha value is -3.46. The summed E-state index contributed by atoms with van der Waals surface area (Å²) in [7, 11) is 0. The third kappa shape index (κ3) is 4.30. The zero-order valence-corrected chi connectivity index (χ0v) is 13.9. The minimum Gasteiger partial charge on any atom is -0.351 e. The summed E-state index contributed by atoms with van der Waals surface area (Å²) in [6, 6.07) is 19.5. The maximum absolute atomic E-state index is 8.99. The molecule has 0 amide bonds. The van der Waals surface area contributed by atoms with Crippen LogP contribution in [0.25, 0.3) is 0 Å². The fourth-order valence-electron chi connectivity index (χ4n) is 2.45. The fraction of sp³-hybridized carbons (Fsp3) is 0.158. The van der Waals surface area contributed by atoms with Crippen LogP contribution in [0.2, 0.25) is 0 Å². The predicted octanol–water partition coefficient (Wildman–Crippen LogP) is 3.51. The summed E-state index contributed by atoms with van der Waals surface area (Å²) in [6.07, 6.45) is 1.66. The van der Waals surface area contributed by atoms with E-state index >= 15 is 0 Å².